The fraction of sp³-hybridized carbons (Fsp3) is 0.174. The summed E-state index contributed by atoms with van der Waals surface area (Å²) >= 11 is 1.05. The molecule has 0 amide bonds. The van der Waals surface area contributed by atoms with Gasteiger partial charge in [-0.3, -0.25) is 19.3 Å². The molecule has 33 heavy (non-hydrogen) atoms. The number of nitrogen functional groups attached to an aromatic ring is 1. The van der Waals surface area contributed by atoms with Crippen molar-refractivity contribution in [2.24, 2.45) is 0 Å². The number of fused-ring (bicyclic) bond motifs is 1. The average Bonchev–Trinajstić information content (AvgIpc) is 3.12. The molecular formula is C23H20N4O5S. The zero-order valence-electron chi connectivity index (χ0n) is 17.8. The molecule has 2 N–H and O–H groups in total. The lowest BCUT2D eigenvalue weighted by atomic mass is 10.1. The maximum Gasteiger partial charge on any atom is 0.357 e. The van der Waals surface area contributed by atoms with Gasteiger partial charge in [-0.15, -0.1) is 0 Å². The van der Waals surface area contributed by atoms with Gasteiger partial charge in [0.2, 0.25) is 5.91 Å². The first-order valence-electron chi connectivity index (χ1n) is 10.00. The number of rotatable bonds is 5. The van der Waals surface area contributed by atoms with Crippen molar-refractivity contribution in [3.05, 3.63) is 76.4 Å². The number of esters is 2. The molecule has 4 heterocycles. The number of anilines is 1. The van der Waals surface area contributed by atoms with Crippen molar-refractivity contribution in [3.63, 3.8) is 0 Å². The van der Waals surface area contributed by atoms with Crippen LogP contribution in [-0.4, -0.2) is 46.1 Å². The van der Waals surface area contributed by atoms with E-state index in [0.29, 0.717) is 10.8 Å². The maximum atomic E-state index is 13.7. The molecular weight excluding hydrogens is 444 g/mol. The quantitative estimate of drug-likeness (QED) is 0.556. The largest absolute Gasteiger partial charge is 0.464 e. The van der Waals surface area contributed by atoms with E-state index in [1.807, 2.05) is 0 Å². The summed E-state index contributed by atoms with van der Waals surface area (Å²) in [5, 5.41) is -0.272. The van der Waals surface area contributed by atoms with E-state index >= 15 is 0 Å². The Kier molecular flexibility index (Phi) is 6.27. The van der Waals surface area contributed by atoms with Crippen molar-refractivity contribution < 1.29 is 23.9 Å². The molecule has 1 aliphatic heterocycles. The first kappa shape index (κ1) is 22.3. The molecule has 0 radical (unpaired) electrons. The van der Waals surface area contributed by atoms with E-state index in [1.54, 1.807) is 62.1 Å². The Morgan fingerprint density at radius 1 is 1.12 bits per heavy atom. The predicted octanol–water partition coefficient (Wildman–Crippen LogP) is 1.28. The molecule has 0 spiro atoms. The Labute approximate surface area is 192 Å². The van der Waals surface area contributed by atoms with Gasteiger partial charge in [-0.2, -0.15) is 0 Å². The van der Waals surface area contributed by atoms with Crippen molar-refractivity contribution in [1.82, 2.24) is 14.5 Å². The lowest BCUT2D eigenvalue weighted by Gasteiger charge is -2.23. The molecule has 1 atom stereocenters. The van der Waals surface area contributed by atoms with Crippen LogP contribution in [0.15, 0.2) is 49.1 Å². The highest BCUT2D eigenvalue weighted by atomic mass is 32.2. The summed E-state index contributed by atoms with van der Waals surface area (Å²) in [5.41, 5.74) is 7.61. The van der Waals surface area contributed by atoms with E-state index in [-0.39, 0.29) is 28.2 Å². The third-order valence-corrected chi connectivity index (χ3v) is 6.31. The summed E-state index contributed by atoms with van der Waals surface area (Å²) in [4.78, 5) is 47.6. The summed E-state index contributed by atoms with van der Waals surface area (Å²) in [7, 11) is 1.20. The number of hydrogen-bond acceptors (Lipinski definition) is 9. The highest BCUT2D eigenvalue weighted by molar-refractivity contribution is 8.10. The van der Waals surface area contributed by atoms with E-state index in [4.69, 9.17) is 15.2 Å². The van der Waals surface area contributed by atoms with Crippen molar-refractivity contribution >= 4 is 46.3 Å². The van der Waals surface area contributed by atoms with Crippen LogP contribution in [-0.2, 0) is 14.3 Å². The lowest BCUT2D eigenvalue weighted by molar-refractivity contribution is -0.135. The van der Waals surface area contributed by atoms with Crippen LogP contribution in [0.2, 0.25) is 0 Å². The smallest absolute Gasteiger partial charge is 0.357 e. The normalized spacial score (nSPS) is 15.8. The Bertz CT molecular complexity index is 1350. The molecule has 0 bridgehead atoms. The molecule has 1 unspecified atom stereocenters. The molecule has 0 fully saturated rings. The Morgan fingerprint density at radius 2 is 1.76 bits per heavy atom. The summed E-state index contributed by atoms with van der Waals surface area (Å²) in [5.74, 6) is -1.84. The van der Waals surface area contributed by atoms with Gasteiger partial charge in [0, 0.05) is 30.0 Å². The van der Waals surface area contributed by atoms with Crippen LogP contribution in [0.4, 0.5) is 5.69 Å². The second-order valence-electron chi connectivity index (χ2n) is 6.94. The monoisotopic (exact) mass is 464 g/mol. The number of thioether (sulfide) groups is 1. The first-order chi connectivity index (χ1) is 16.0. The number of nitrogens with two attached hydrogens (primary N) is 1. The summed E-state index contributed by atoms with van der Waals surface area (Å²) in [6.07, 6.45) is 7.99. The first-order valence-corrected chi connectivity index (χ1v) is 10.9. The van der Waals surface area contributed by atoms with E-state index in [1.165, 1.54) is 11.7 Å². The fourth-order valence-corrected chi connectivity index (χ4v) is 4.76. The molecule has 9 nitrogen and oxygen atoms in total. The standard InChI is InChI=1S/C23H20N4O5S/c1-3-32-23(30)20-17-15(12-13-4-8-25-9-5-13)16(24)18(22(29)31-2)27(17)21(28)19(33-20)14-6-10-26-11-7-14/h4-12,19H,3,24H2,1-2H3. The van der Waals surface area contributed by atoms with Gasteiger partial charge in [0.1, 0.15) is 10.2 Å². The average molecular weight is 465 g/mol. The molecule has 3 aromatic heterocycles. The van der Waals surface area contributed by atoms with Crippen LogP contribution in [0.5, 0.6) is 0 Å². The number of aromatic nitrogens is 3. The molecule has 3 aromatic rings. The molecule has 0 saturated carbocycles. The van der Waals surface area contributed by atoms with Gasteiger partial charge in [-0.1, -0.05) is 11.8 Å². The van der Waals surface area contributed by atoms with Crippen LogP contribution < -0.4 is 16.3 Å². The predicted molar refractivity (Wildman–Crippen MR) is 122 cm³/mol. The molecule has 10 heteroatoms. The third-order valence-electron chi connectivity index (χ3n) is 5.01. The molecule has 0 aliphatic carbocycles. The minimum absolute atomic E-state index is 0.0276. The van der Waals surface area contributed by atoms with Gasteiger partial charge in [-0.05, 0) is 48.4 Å². The lowest BCUT2D eigenvalue weighted by Crippen LogP contribution is -2.42. The topological polar surface area (TPSA) is 126 Å². The molecule has 4 rings (SSSR count). The van der Waals surface area contributed by atoms with Gasteiger partial charge >= 0.3 is 11.9 Å². The second-order valence-corrected chi connectivity index (χ2v) is 8.06. The number of pyridine rings is 2. The fourth-order valence-electron chi connectivity index (χ4n) is 3.55. The number of methoxy groups -OCH3 is 1. The zero-order valence-corrected chi connectivity index (χ0v) is 18.7. The molecule has 0 saturated heterocycles. The Balaban J connectivity index is 2.11. The van der Waals surface area contributed by atoms with Crippen LogP contribution in [0, 0.1) is 0 Å². The number of carbonyl (C=O) groups is 3. The van der Waals surface area contributed by atoms with Crippen molar-refractivity contribution in [3.8, 4) is 0 Å². The summed E-state index contributed by atoms with van der Waals surface area (Å²) in [6, 6.07) is 6.84. The van der Waals surface area contributed by atoms with Gasteiger partial charge in [-0.25, -0.2) is 9.59 Å². The number of nitrogens with zero attached hydrogens (tertiary/aromatic N) is 3. The van der Waals surface area contributed by atoms with E-state index in [9.17, 15) is 14.4 Å². The zero-order chi connectivity index (χ0) is 23.5. The third kappa shape index (κ3) is 4.00. The minimum Gasteiger partial charge on any atom is -0.464 e. The van der Waals surface area contributed by atoms with Gasteiger partial charge in [0.05, 0.1) is 24.8 Å². The summed E-state index contributed by atoms with van der Waals surface area (Å²) in [6.45, 7) is 1.83. The van der Waals surface area contributed by atoms with E-state index in [2.05, 4.69) is 9.97 Å². The van der Waals surface area contributed by atoms with Crippen LogP contribution >= 0.6 is 11.8 Å². The van der Waals surface area contributed by atoms with Crippen molar-refractivity contribution in [2.45, 2.75) is 12.2 Å². The van der Waals surface area contributed by atoms with Crippen molar-refractivity contribution in [2.75, 3.05) is 19.5 Å². The van der Waals surface area contributed by atoms with Crippen LogP contribution in [0.25, 0.3) is 11.0 Å². The van der Waals surface area contributed by atoms with Crippen LogP contribution in [0.3, 0.4) is 0 Å². The summed E-state index contributed by atoms with van der Waals surface area (Å²) < 4.78 is 11.4. The second kappa shape index (κ2) is 9.29. The highest BCUT2D eigenvalue weighted by Gasteiger charge is 2.38. The number of carbonyl (C=O) groups excluding carboxylic acids is 3. The number of hydrogen-bond donors (Lipinski definition) is 1. The van der Waals surface area contributed by atoms with E-state index in [0.717, 1.165) is 17.3 Å². The maximum absolute atomic E-state index is 13.7. The molecule has 168 valence electrons. The van der Waals surface area contributed by atoms with Gasteiger partial charge < -0.3 is 15.2 Å². The highest BCUT2D eigenvalue weighted by Crippen LogP contribution is 2.39. The Morgan fingerprint density at radius 3 is 2.36 bits per heavy atom. The number of ether oxygens (including phenoxy) is 2. The van der Waals surface area contributed by atoms with E-state index < -0.39 is 23.1 Å². The van der Waals surface area contributed by atoms with Crippen molar-refractivity contribution in [1.29, 1.82) is 0 Å². The van der Waals surface area contributed by atoms with Gasteiger partial charge in [0.15, 0.2) is 5.69 Å². The van der Waals surface area contributed by atoms with Crippen LogP contribution in [0.1, 0.15) is 38.6 Å². The van der Waals surface area contributed by atoms with Gasteiger partial charge in [0.25, 0.3) is 0 Å². The minimum atomic E-state index is -0.816. The SMILES string of the molecule is CCOC(=O)C1=c2c(=Cc3ccncc3)c(N)c(C(=O)OC)n2C(=O)C(c2ccncc2)S1. The Hall–Kier alpha value is -3.92. The molecule has 0 aromatic carbocycles. The molecule has 1 aliphatic rings.